The zero-order valence-corrected chi connectivity index (χ0v) is 12.7. The van der Waals surface area contributed by atoms with Crippen LogP contribution < -0.4 is 4.90 Å². The van der Waals surface area contributed by atoms with Crippen molar-refractivity contribution in [2.24, 2.45) is 0 Å². The molecule has 0 N–H and O–H groups in total. The van der Waals surface area contributed by atoms with Crippen molar-refractivity contribution >= 4 is 23.5 Å². The summed E-state index contributed by atoms with van der Waals surface area (Å²) in [7, 11) is 0. The van der Waals surface area contributed by atoms with E-state index in [1.54, 1.807) is 30.3 Å². The third kappa shape index (κ3) is 2.52. The lowest BCUT2D eigenvalue weighted by Crippen LogP contribution is -2.29. The van der Waals surface area contributed by atoms with E-state index in [0.717, 1.165) is 4.90 Å². The fourth-order valence-corrected chi connectivity index (χ4v) is 2.43. The van der Waals surface area contributed by atoms with Crippen LogP contribution >= 0.6 is 0 Å². The molecule has 2 aromatic carbocycles. The van der Waals surface area contributed by atoms with Crippen LogP contribution in [-0.2, 0) is 4.74 Å². The molecule has 1 heterocycles. The maximum Gasteiger partial charge on any atom is 0.339 e. The summed E-state index contributed by atoms with van der Waals surface area (Å²) in [5, 5.41) is 8.65. The maximum atomic E-state index is 12.4. The van der Waals surface area contributed by atoms with Crippen LogP contribution in [0.3, 0.4) is 0 Å². The number of carbonyl (C=O) groups is 3. The average molecular weight is 320 g/mol. The van der Waals surface area contributed by atoms with Crippen LogP contribution in [-0.4, -0.2) is 23.9 Å². The van der Waals surface area contributed by atoms with E-state index in [1.807, 2.05) is 0 Å². The summed E-state index contributed by atoms with van der Waals surface area (Å²) in [5.74, 6) is -1.44. The van der Waals surface area contributed by atoms with Gasteiger partial charge in [0.05, 0.1) is 22.4 Å². The molecule has 0 spiro atoms. The SMILES string of the molecule is C[C@@H](C#N)OC(=O)c1ccc(N2C(=O)c3ccccc3C2=O)cc1. The molecule has 6 nitrogen and oxygen atoms in total. The second-order valence-corrected chi connectivity index (χ2v) is 5.21. The van der Waals surface area contributed by atoms with Crippen molar-refractivity contribution in [3.63, 3.8) is 0 Å². The second kappa shape index (κ2) is 5.97. The first-order valence-corrected chi connectivity index (χ1v) is 7.21. The Bertz CT molecular complexity index is 846. The van der Waals surface area contributed by atoms with Gasteiger partial charge in [0.25, 0.3) is 11.8 Å². The number of rotatable bonds is 3. The summed E-state index contributed by atoms with van der Waals surface area (Å²) in [6, 6.07) is 14.3. The van der Waals surface area contributed by atoms with Crippen molar-refractivity contribution in [1.29, 1.82) is 5.26 Å². The molecule has 3 rings (SSSR count). The quantitative estimate of drug-likeness (QED) is 0.640. The molecular weight excluding hydrogens is 308 g/mol. The number of esters is 1. The summed E-state index contributed by atoms with van der Waals surface area (Å²) in [4.78, 5) is 37.7. The highest BCUT2D eigenvalue weighted by atomic mass is 16.5. The molecule has 0 saturated carbocycles. The van der Waals surface area contributed by atoms with Gasteiger partial charge in [0.1, 0.15) is 6.07 Å². The van der Waals surface area contributed by atoms with E-state index < -0.39 is 23.9 Å². The van der Waals surface area contributed by atoms with E-state index in [2.05, 4.69) is 0 Å². The third-order valence-corrected chi connectivity index (χ3v) is 3.62. The van der Waals surface area contributed by atoms with Crippen LogP contribution in [0.1, 0.15) is 38.0 Å². The van der Waals surface area contributed by atoms with E-state index in [1.165, 1.54) is 31.2 Å². The van der Waals surface area contributed by atoms with Crippen molar-refractivity contribution in [3.8, 4) is 6.07 Å². The Morgan fingerprint density at radius 3 is 2.08 bits per heavy atom. The van der Waals surface area contributed by atoms with Crippen LogP contribution in [0.2, 0.25) is 0 Å². The van der Waals surface area contributed by atoms with Crippen LogP contribution in [0.5, 0.6) is 0 Å². The van der Waals surface area contributed by atoms with Gasteiger partial charge >= 0.3 is 5.97 Å². The van der Waals surface area contributed by atoms with Gasteiger partial charge in [-0.2, -0.15) is 5.26 Å². The zero-order valence-electron chi connectivity index (χ0n) is 12.7. The van der Waals surface area contributed by atoms with E-state index in [9.17, 15) is 14.4 Å². The van der Waals surface area contributed by atoms with Crippen LogP contribution in [0, 0.1) is 11.3 Å². The number of ether oxygens (including phenoxy) is 1. The van der Waals surface area contributed by atoms with Crippen molar-refractivity contribution in [3.05, 3.63) is 65.2 Å². The van der Waals surface area contributed by atoms with Gasteiger partial charge in [-0.05, 0) is 43.3 Å². The lowest BCUT2D eigenvalue weighted by molar-refractivity contribution is 0.0435. The molecule has 2 amide bonds. The molecule has 1 atom stereocenters. The number of hydrogen-bond donors (Lipinski definition) is 0. The molecule has 6 heteroatoms. The Labute approximate surface area is 137 Å². The van der Waals surface area contributed by atoms with E-state index in [4.69, 9.17) is 10.00 Å². The van der Waals surface area contributed by atoms with Crippen molar-refractivity contribution in [2.75, 3.05) is 4.90 Å². The number of benzene rings is 2. The van der Waals surface area contributed by atoms with Gasteiger partial charge in [-0.25, -0.2) is 9.69 Å². The predicted molar refractivity (Wildman–Crippen MR) is 84.5 cm³/mol. The molecule has 0 bridgehead atoms. The highest BCUT2D eigenvalue weighted by Crippen LogP contribution is 2.28. The Hall–Kier alpha value is -3.46. The number of hydrogen-bond acceptors (Lipinski definition) is 5. The highest BCUT2D eigenvalue weighted by Gasteiger charge is 2.36. The molecule has 1 aliphatic heterocycles. The summed E-state index contributed by atoms with van der Waals surface area (Å²) < 4.78 is 4.90. The molecule has 0 aliphatic carbocycles. The fraction of sp³-hybridized carbons (Fsp3) is 0.111. The van der Waals surface area contributed by atoms with E-state index in [0.29, 0.717) is 16.8 Å². The zero-order chi connectivity index (χ0) is 17.3. The number of nitrogens with zero attached hydrogens (tertiary/aromatic N) is 2. The largest absolute Gasteiger partial charge is 0.444 e. The first-order chi connectivity index (χ1) is 11.5. The molecule has 24 heavy (non-hydrogen) atoms. The first kappa shape index (κ1) is 15.4. The molecule has 0 aromatic heterocycles. The molecule has 0 unspecified atom stereocenters. The molecule has 0 fully saturated rings. The predicted octanol–water partition coefficient (Wildman–Crippen LogP) is 2.56. The van der Waals surface area contributed by atoms with Crippen LogP contribution in [0.4, 0.5) is 5.69 Å². The fourth-order valence-electron chi connectivity index (χ4n) is 2.43. The maximum absolute atomic E-state index is 12.4. The van der Waals surface area contributed by atoms with Crippen molar-refractivity contribution in [1.82, 2.24) is 0 Å². The topological polar surface area (TPSA) is 87.5 Å². The molecule has 118 valence electrons. The highest BCUT2D eigenvalue weighted by molar-refractivity contribution is 6.34. The average Bonchev–Trinajstić information content (AvgIpc) is 2.86. The van der Waals surface area contributed by atoms with Crippen LogP contribution in [0.15, 0.2) is 48.5 Å². The third-order valence-electron chi connectivity index (χ3n) is 3.62. The lowest BCUT2D eigenvalue weighted by Gasteiger charge is -2.14. The number of fused-ring (bicyclic) bond motifs is 1. The van der Waals surface area contributed by atoms with Gasteiger partial charge < -0.3 is 4.74 Å². The van der Waals surface area contributed by atoms with E-state index in [-0.39, 0.29) is 5.56 Å². The number of nitriles is 1. The minimum Gasteiger partial charge on any atom is -0.444 e. The molecule has 2 aromatic rings. The number of amides is 2. The summed E-state index contributed by atoms with van der Waals surface area (Å²) in [6.45, 7) is 1.46. The van der Waals surface area contributed by atoms with Crippen LogP contribution in [0.25, 0.3) is 0 Å². The second-order valence-electron chi connectivity index (χ2n) is 5.21. The van der Waals surface area contributed by atoms with Gasteiger partial charge in [-0.1, -0.05) is 12.1 Å². The minimum atomic E-state index is -0.853. The van der Waals surface area contributed by atoms with Gasteiger partial charge in [0, 0.05) is 0 Å². The van der Waals surface area contributed by atoms with Crippen molar-refractivity contribution < 1.29 is 19.1 Å². The Morgan fingerprint density at radius 2 is 1.58 bits per heavy atom. The van der Waals surface area contributed by atoms with E-state index >= 15 is 0 Å². The molecule has 1 aliphatic rings. The van der Waals surface area contributed by atoms with Gasteiger partial charge in [-0.3, -0.25) is 9.59 Å². The number of anilines is 1. The first-order valence-electron chi connectivity index (χ1n) is 7.21. The summed E-state index contributed by atoms with van der Waals surface area (Å²) in [5.41, 5.74) is 1.31. The minimum absolute atomic E-state index is 0.234. The van der Waals surface area contributed by atoms with Crippen molar-refractivity contribution in [2.45, 2.75) is 13.0 Å². The normalized spacial score (nSPS) is 14.1. The Kier molecular flexibility index (Phi) is 3.84. The summed E-state index contributed by atoms with van der Waals surface area (Å²) >= 11 is 0. The molecule has 0 radical (unpaired) electrons. The smallest absolute Gasteiger partial charge is 0.339 e. The van der Waals surface area contributed by atoms with Gasteiger partial charge in [0.2, 0.25) is 0 Å². The molecular formula is C18H12N2O4. The molecule has 0 saturated heterocycles. The lowest BCUT2D eigenvalue weighted by atomic mass is 10.1. The summed E-state index contributed by atoms with van der Waals surface area (Å²) in [6.07, 6.45) is -0.853. The Morgan fingerprint density at radius 1 is 1.04 bits per heavy atom. The number of carbonyl (C=O) groups excluding carboxylic acids is 3. The van der Waals surface area contributed by atoms with Gasteiger partial charge in [-0.15, -0.1) is 0 Å². The monoisotopic (exact) mass is 320 g/mol. The Balaban J connectivity index is 1.85. The number of imide groups is 1. The van der Waals surface area contributed by atoms with Gasteiger partial charge in [0.15, 0.2) is 6.10 Å². The standard InChI is InChI=1S/C18H12N2O4/c1-11(10-19)24-18(23)12-6-8-13(9-7-12)20-16(21)14-4-2-3-5-15(14)17(20)22/h2-9,11H,1H3/t11-/m0/s1.